The Labute approximate surface area is 87.9 Å². The van der Waals surface area contributed by atoms with E-state index in [1.165, 1.54) is 0 Å². The lowest BCUT2D eigenvalue weighted by Gasteiger charge is -2.17. The molecule has 15 heavy (non-hydrogen) atoms. The number of anilines is 1. The molecule has 0 fully saturated rings. The summed E-state index contributed by atoms with van der Waals surface area (Å²) in [4.78, 5) is 11.0. The second-order valence-corrected chi connectivity index (χ2v) is 3.48. The average Bonchev–Trinajstić information content (AvgIpc) is 2.29. The molecule has 1 aromatic carbocycles. The zero-order chi connectivity index (χ0) is 10.7. The Morgan fingerprint density at radius 2 is 2.40 bits per heavy atom. The second-order valence-electron chi connectivity index (χ2n) is 3.48. The molecule has 0 aliphatic carbocycles. The fraction of sp³-hybridized carbons (Fsp3) is 0.364. The van der Waals surface area contributed by atoms with Crippen LogP contribution in [0.25, 0.3) is 0 Å². The first-order chi connectivity index (χ1) is 7.29. The number of carbonyl (C=O) groups excluding carboxylic acids is 1. The SMILES string of the molecule is O=C(CO)Nc1ccc2c(c1)CCCO2. The van der Waals surface area contributed by atoms with Gasteiger partial charge in [-0.2, -0.15) is 0 Å². The fourth-order valence-corrected chi connectivity index (χ4v) is 1.64. The minimum Gasteiger partial charge on any atom is -0.493 e. The highest BCUT2D eigenvalue weighted by Gasteiger charge is 2.11. The molecule has 1 aliphatic heterocycles. The molecule has 1 heterocycles. The van der Waals surface area contributed by atoms with Gasteiger partial charge < -0.3 is 15.2 Å². The van der Waals surface area contributed by atoms with E-state index < -0.39 is 12.5 Å². The molecular formula is C11H13NO3. The third-order valence-electron chi connectivity index (χ3n) is 2.34. The Morgan fingerprint density at radius 3 is 3.20 bits per heavy atom. The number of fused-ring (bicyclic) bond motifs is 1. The Bertz CT molecular complexity index is 376. The molecule has 2 rings (SSSR count). The van der Waals surface area contributed by atoms with Gasteiger partial charge in [-0.3, -0.25) is 4.79 Å². The molecule has 1 aliphatic rings. The van der Waals surface area contributed by atoms with Crippen LogP contribution in [0, 0.1) is 0 Å². The van der Waals surface area contributed by atoms with Gasteiger partial charge in [0.2, 0.25) is 5.91 Å². The van der Waals surface area contributed by atoms with Crippen LogP contribution in [0.15, 0.2) is 18.2 Å². The van der Waals surface area contributed by atoms with Gasteiger partial charge in [0.25, 0.3) is 0 Å². The molecule has 4 nitrogen and oxygen atoms in total. The van der Waals surface area contributed by atoms with Gasteiger partial charge in [0.15, 0.2) is 0 Å². The van der Waals surface area contributed by atoms with E-state index in [0.717, 1.165) is 30.8 Å². The highest BCUT2D eigenvalue weighted by atomic mass is 16.5. The molecule has 0 saturated carbocycles. The number of nitrogens with one attached hydrogen (secondary N) is 1. The van der Waals surface area contributed by atoms with Crippen LogP contribution in [-0.4, -0.2) is 24.2 Å². The van der Waals surface area contributed by atoms with Crippen LogP contribution in [0.3, 0.4) is 0 Å². The van der Waals surface area contributed by atoms with Crippen LogP contribution in [0.1, 0.15) is 12.0 Å². The maximum atomic E-state index is 11.0. The summed E-state index contributed by atoms with van der Waals surface area (Å²) in [6.45, 7) is 0.267. The maximum Gasteiger partial charge on any atom is 0.250 e. The average molecular weight is 207 g/mol. The number of hydrogen-bond donors (Lipinski definition) is 2. The number of aryl methyl sites for hydroxylation is 1. The van der Waals surface area contributed by atoms with Crippen LogP contribution in [0.4, 0.5) is 5.69 Å². The van der Waals surface area contributed by atoms with Crippen molar-refractivity contribution in [3.63, 3.8) is 0 Å². The standard InChI is InChI=1S/C11H13NO3/c13-7-11(14)12-9-3-4-10-8(6-9)2-1-5-15-10/h3-4,6,13H,1-2,5,7H2,(H,12,14). The highest BCUT2D eigenvalue weighted by Crippen LogP contribution is 2.27. The molecule has 0 saturated heterocycles. The Morgan fingerprint density at radius 1 is 1.53 bits per heavy atom. The van der Waals surface area contributed by atoms with Crippen LogP contribution < -0.4 is 10.1 Å². The van der Waals surface area contributed by atoms with Crippen molar-refractivity contribution in [3.8, 4) is 5.75 Å². The summed E-state index contributed by atoms with van der Waals surface area (Å²) in [7, 11) is 0. The summed E-state index contributed by atoms with van der Waals surface area (Å²) in [6.07, 6.45) is 1.97. The molecule has 0 bridgehead atoms. The number of aliphatic hydroxyl groups excluding tert-OH is 1. The molecule has 1 amide bonds. The monoisotopic (exact) mass is 207 g/mol. The lowest BCUT2D eigenvalue weighted by molar-refractivity contribution is -0.118. The van der Waals surface area contributed by atoms with Crippen molar-refractivity contribution in [2.24, 2.45) is 0 Å². The first-order valence-electron chi connectivity index (χ1n) is 4.96. The predicted molar refractivity (Wildman–Crippen MR) is 56.0 cm³/mol. The van der Waals surface area contributed by atoms with Gasteiger partial charge in [0, 0.05) is 5.69 Å². The van der Waals surface area contributed by atoms with Gasteiger partial charge in [0.1, 0.15) is 12.4 Å². The number of hydrogen-bond acceptors (Lipinski definition) is 3. The third-order valence-corrected chi connectivity index (χ3v) is 2.34. The molecule has 1 aromatic rings. The van der Waals surface area contributed by atoms with E-state index in [0.29, 0.717) is 5.69 Å². The first-order valence-corrected chi connectivity index (χ1v) is 4.96. The van der Waals surface area contributed by atoms with Crippen molar-refractivity contribution < 1.29 is 14.6 Å². The lowest BCUT2D eigenvalue weighted by Crippen LogP contribution is -2.16. The van der Waals surface area contributed by atoms with Gasteiger partial charge in [-0.05, 0) is 36.6 Å². The Kier molecular flexibility index (Phi) is 2.87. The minimum absolute atomic E-state index is 0.397. The summed E-state index contributed by atoms with van der Waals surface area (Å²) in [6, 6.07) is 5.52. The van der Waals surface area contributed by atoms with E-state index in [-0.39, 0.29) is 0 Å². The van der Waals surface area contributed by atoms with Gasteiger partial charge >= 0.3 is 0 Å². The number of amides is 1. The van der Waals surface area contributed by atoms with E-state index in [9.17, 15) is 4.79 Å². The summed E-state index contributed by atoms with van der Waals surface area (Å²) >= 11 is 0. The van der Waals surface area contributed by atoms with Gasteiger partial charge in [-0.25, -0.2) is 0 Å². The van der Waals surface area contributed by atoms with Crippen molar-refractivity contribution >= 4 is 11.6 Å². The quantitative estimate of drug-likeness (QED) is 0.758. The maximum absolute atomic E-state index is 11.0. The zero-order valence-corrected chi connectivity index (χ0v) is 8.32. The molecule has 0 radical (unpaired) electrons. The van der Waals surface area contributed by atoms with Crippen molar-refractivity contribution in [1.29, 1.82) is 0 Å². The highest BCUT2D eigenvalue weighted by molar-refractivity contribution is 5.91. The summed E-state index contributed by atoms with van der Waals surface area (Å²) in [5, 5.41) is 11.2. The predicted octanol–water partition coefficient (Wildman–Crippen LogP) is 0.942. The van der Waals surface area contributed by atoms with E-state index in [2.05, 4.69) is 5.32 Å². The van der Waals surface area contributed by atoms with Crippen LogP contribution in [0.2, 0.25) is 0 Å². The number of aliphatic hydroxyl groups is 1. The molecule has 0 spiro atoms. The molecule has 80 valence electrons. The fourth-order valence-electron chi connectivity index (χ4n) is 1.64. The van der Waals surface area contributed by atoms with Crippen molar-refractivity contribution in [2.75, 3.05) is 18.5 Å². The van der Waals surface area contributed by atoms with Crippen LogP contribution in [0.5, 0.6) is 5.75 Å². The number of rotatable bonds is 2. The number of ether oxygens (including phenoxy) is 1. The summed E-state index contributed by atoms with van der Waals surface area (Å²) in [5.41, 5.74) is 1.82. The third kappa shape index (κ3) is 2.27. The van der Waals surface area contributed by atoms with Gasteiger partial charge in [-0.15, -0.1) is 0 Å². The smallest absolute Gasteiger partial charge is 0.250 e. The Balaban J connectivity index is 2.17. The molecule has 0 atom stereocenters. The van der Waals surface area contributed by atoms with Crippen molar-refractivity contribution in [3.05, 3.63) is 23.8 Å². The van der Waals surface area contributed by atoms with Gasteiger partial charge in [0.05, 0.1) is 6.61 Å². The first kappa shape index (κ1) is 9.98. The van der Waals surface area contributed by atoms with Gasteiger partial charge in [-0.1, -0.05) is 0 Å². The van der Waals surface area contributed by atoms with E-state index in [1.807, 2.05) is 12.1 Å². The molecule has 0 aromatic heterocycles. The number of carbonyl (C=O) groups is 1. The van der Waals surface area contributed by atoms with Crippen LogP contribution >= 0.6 is 0 Å². The normalized spacial score (nSPS) is 13.9. The topological polar surface area (TPSA) is 58.6 Å². The molecular weight excluding hydrogens is 194 g/mol. The second kappa shape index (κ2) is 4.31. The molecule has 4 heteroatoms. The lowest BCUT2D eigenvalue weighted by atomic mass is 10.1. The largest absolute Gasteiger partial charge is 0.493 e. The van der Waals surface area contributed by atoms with E-state index in [1.54, 1.807) is 6.07 Å². The summed E-state index contributed by atoms with van der Waals surface area (Å²) in [5.74, 6) is 0.495. The summed E-state index contributed by atoms with van der Waals surface area (Å²) < 4.78 is 5.45. The number of benzene rings is 1. The van der Waals surface area contributed by atoms with Crippen LogP contribution in [-0.2, 0) is 11.2 Å². The van der Waals surface area contributed by atoms with Crippen molar-refractivity contribution in [2.45, 2.75) is 12.8 Å². The zero-order valence-electron chi connectivity index (χ0n) is 8.32. The Hall–Kier alpha value is -1.55. The molecule has 2 N–H and O–H groups in total. The molecule has 0 unspecified atom stereocenters. The van der Waals surface area contributed by atoms with E-state index in [4.69, 9.17) is 9.84 Å². The van der Waals surface area contributed by atoms with Crippen molar-refractivity contribution in [1.82, 2.24) is 0 Å². The van der Waals surface area contributed by atoms with E-state index >= 15 is 0 Å². The minimum atomic E-state index is -0.492.